The number of allylic oxidation sites excluding steroid dienone is 4. The molecular weight excluding hydrogens is 154 g/mol. The van der Waals surface area contributed by atoms with Crippen molar-refractivity contribution in [1.82, 2.24) is 4.98 Å². The number of hydrogen-bond donors (Lipinski definition) is 0. The highest BCUT2D eigenvalue weighted by atomic mass is 32.1. The third kappa shape index (κ3) is 1.26. The van der Waals surface area contributed by atoms with E-state index >= 15 is 0 Å². The van der Waals surface area contributed by atoms with Crippen LogP contribution in [-0.4, -0.2) is 4.98 Å². The highest BCUT2D eigenvalue weighted by Gasteiger charge is 2.04. The van der Waals surface area contributed by atoms with Crippen LogP contribution in [0.25, 0.3) is 5.57 Å². The predicted molar refractivity (Wildman–Crippen MR) is 48.6 cm³/mol. The van der Waals surface area contributed by atoms with Crippen molar-refractivity contribution in [2.24, 2.45) is 0 Å². The minimum absolute atomic E-state index is 1.06. The summed E-state index contributed by atoms with van der Waals surface area (Å²) in [6.07, 6.45) is 7.57. The molecule has 0 saturated heterocycles. The molecule has 0 aliphatic heterocycles. The predicted octanol–water partition coefficient (Wildman–Crippen LogP) is 2.79. The van der Waals surface area contributed by atoms with Gasteiger partial charge in [-0.25, -0.2) is 4.98 Å². The molecule has 0 fully saturated rings. The van der Waals surface area contributed by atoms with Gasteiger partial charge in [-0.3, -0.25) is 0 Å². The average molecular weight is 163 g/mol. The number of rotatable bonds is 1. The minimum atomic E-state index is 1.06. The second-order valence-electron chi connectivity index (χ2n) is 2.59. The van der Waals surface area contributed by atoms with Crippen molar-refractivity contribution in [3.8, 4) is 0 Å². The van der Waals surface area contributed by atoms with Gasteiger partial charge < -0.3 is 0 Å². The molecule has 1 nitrogen and oxygen atoms in total. The van der Waals surface area contributed by atoms with Gasteiger partial charge in [-0.15, -0.1) is 11.3 Å². The van der Waals surface area contributed by atoms with E-state index in [1.807, 2.05) is 6.92 Å². The molecule has 11 heavy (non-hydrogen) atoms. The smallest absolute Gasteiger partial charge is 0.123 e. The Bertz CT molecular complexity index is 320. The lowest BCUT2D eigenvalue weighted by molar-refractivity contribution is 1.24. The first-order valence-corrected chi connectivity index (χ1v) is 4.53. The zero-order chi connectivity index (χ0) is 7.68. The molecule has 0 spiro atoms. The lowest BCUT2D eigenvalue weighted by Gasteiger charge is -1.89. The van der Waals surface area contributed by atoms with Crippen molar-refractivity contribution in [1.29, 1.82) is 0 Å². The lowest BCUT2D eigenvalue weighted by atomic mass is 10.3. The van der Waals surface area contributed by atoms with E-state index in [1.165, 1.54) is 5.57 Å². The van der Waals surface area contributed by atoms with Crippen molar-refractivity contribution in [3.05, 3.63) is 34.3 Å². The van der Waals surface area contributed by atoms with Crippen molar-refractivity contribution < 1.29 is 0 Å². The fourth-order valence-corrected chi connectivity index (χ4v) is 1.92. The van der Waals surface area contributed by atoms with Gasteiger partial charge in [0.25, 0.3) is 0 Å². The summed E-state index contributed by atoms with van der Waals surface area (Å²) < 4.78 is 0. The first-order chi connectivity index (χ1) is 5.36. The number of aryl methyl sites for hydroxylation is 1. The molecule has 56 valence electrons. The Labute approximate surface area is 70.1 Å². The van der Waals surface area contributed by atoms with Crippen LogP contribution in [0.2, 0.25) is 0 Å². The van der Waals surface area contributed by atoms with Crippen LogP contribution in [0.5, 0.6) is 0 Å². The van der Waals surface area contributed by atoms with Gasteiger partial charge in [-0.2, -0.15) is 0 Å². The molecule has 1 aliphatic carbocycles. The summed E-state index contributed by atoms with van der Waals surface area (Å²) in [5.41, 5.74) is 2.40. The van der Waals surface area contributed by atoms with Crippen LogP contribution in [0.4, 0.5) is 0 Å². The molecule has 1 aromatic rings. The number of nitrogens with zero attached hydrogens (tertiary/aromatic N) is 1. The third-order valence-electron chi connectivity index (χ3n) is 1.64. The number of thiazole rings is 1. The van der Waals surface area contributed by atoms with E-state index in [0.29, 0.717) is 0 Å². The molecule has 0 amide bonds. The highest BCUT2D eigenvalue weighted by molar-refractivity contribution is 7.10. The first-order valence-electron chi connectivity index (χ1n) is 3.65. The van der Waals surface area contributed by atoms with E-state index in [-0.39, 0.29) is 0 Å². The largest absolute Gasteiger partial charge is 0.241 e. The van der Waals surface area contributed by atoms with Crippen LogP contribution in [0.1, 0.15) is 17.1 Å². The summed E-state index contributed by atoms with van der Waals surface area (Å²) in [4.78, 5) is 4.39. The van der Waals surface area contributed by atoms with Gasteiger partial charge in [0.05, 0.1) is 0 Å². The summed E-state index contributed by atoms with van der Waals surface area (Å²) in [6, 6.07) is 0. The van der Waals surface area contributed by atoms with Crippen LogP contribution in [0.15, 0.2) is 23.6 Å². The molecule has 0 N–H and O–H groups in total. The molecule has 1 aliphatic rings. The molecule has 1 heterocycles. The molecular formula is C9H9NS. The maximum atomic E-state index is 4.39. The topological polar surface area (TPSA) is 12.9 Å². The second-order valence-corrected chi connectivity index (χ2v) is 3.45. The van der Waals surface area contributed by atoms with Crippen molar-refractivity contribution in [2.75, 3.05) is 0 Å². The third-order valence-corrected chi connectivity index (χ3v) is 2.65. The van der Waals surface area contributed by atoms with Gasteiger partial charge >= 0.3 is 0 Å². The zero-order valence-electron chi connectivity index (χ0n) is 6.37. The Morgan fingerprint density at radius 1 is 1.55 bits per heavy atom. The van der Waals surface area contributed by atoms with Crippen LogP contribution in [0, 0.1) is 6.92 Å². The molecule has 0 bridgehead atoms. The maximum absolute atomic E-state index is 4.39. The van der Waals surface area contributed by atoms with Gasteiger partial charge in [-0.05, 0) is 13.3 Å². The molecule has 0 atom stereocenters. The van der Waals surface area contributed by atoms with E-state index in [9.17, 15) is 0 Å². The fourth-order valence-electron chi connectivity index (χ4n) is 1.10. The van der Waals surface area contributed by atoms with Gasteiger partial charge in [0.2, 0.25) is 0 Å². The standard InChI is InChI=1S/C9H9NS/c1-7-6-11-9(10-7)8-4-2-3-5-8/h2,4-6H,3H2,1H3. The van der Waals surface area contributed by atoms with E-state index in [0.717, 1.165) is 17.1 Å². The first kappa shape index (κ1) is 6.80. The van der Waals surface area contributed by atoms with Crippen LogP contribution >= 0.6 is 11.3 Å². The Kier molecular flexibility index (Phi) is 1.62. The summed E-state index contributed by atoms with van der Waals surface area (Å²) in [5.74, 6) is 0. The van der Waals surface area contributed by atoms with E-state index in [4.69, 9.17) is 0 Å². The molecule has 2 heteroatoms. The van der Waals surface area contributed by atoms with Gasteiger partial charge in [0, 0.05) is 16.6 Å². The van der Waals surface area contributed by atoms with Crippen LogP contribution in [0.3, 0.4) is 0 Å². The van der Waals surface area contributed by atoms with Crippen molar-refractivity contribution >= 4 is 16.9 Å². The average Bonchev–Trinajstić information content (AvgIpc) is 2.55. The summed E-state index contributed by atoms with van der Waals surface area (Å²) in [7, 11) is 0. The van der Waals surface area contributed by atoms with Gasteiger partial charge in [-0.1, -0.05) is 18.2 Å². The SMILES string of the molecule is Cc1csc(C2=CCC=C2)n1. The Hall–Kier alpha value is -0.890. The summed E-state index contributed by atoms with van der Waals surface area (Å²) >= 11 is 1.72. The number of aromatic nitrogens is 1. The Morgan fingerprint density at radius 2 is 2.45 bits per heavy atom. The normalized spacial score (nSPS) is 15.5. The van der Waals surface area contributed by atoms with E-state index in [1.54, 1.807) is 11.3 Å². The van der Waals surface area contributed by atoms with Gasteiger partial charge in [0.15, 0.2) is 0 Å². The summed E-state index contributed by atoms with van der Waals surface area (Å²) in [5, 5.41) is 3.23. The molecule has 0 saturated carbocycles. The zero-order valence-corrected chi connectivity index (χ0v) is 7.19. The fraction of sp³-hybridized carbons (Fsp3) is 0.222. The monoisotopic (exact) mass is 163 g/mol. The summed E-state index contributed by atoms with van der Waals surface area (Å²) in [6.45, 7) is 2.03. The van der Waals surface area contributed by atoms with Gasteiger partial charge in [0.1, 0.15) is 5.01 Å². The van der Waals surface area contributed by atoms with E-state index < -0.39 is 0 Å². The maximum Gasteiger partial charge on any atom is 0.123 e. The Morgan fingerprint density at radius 3 is 3.00 bits per heavy atom. The molecule has 0 radical (unpaired) electrons. The quantitative estimate of drug-likeness (QED) is 0.620. The highest BCUT2D eigenvalue weighted by Crippen LogP contribution is 2.24. The van der Waals surface area contributed by atoms with Crippen LogP contribution in [-0.2, 0) is 0 Å². The number of hydrogen-bond acceptors (Lipinski definition) is 2. The van der Waals surface area contributed by atoms with E-state index in [2.05, 4.69) is 28.6 Å². The second kappa shape index (κ2) is 2.62. The minimum Gasteiger partial charge on any atom is -0.241 e. The lowest BCUT2D eigenvalue weighted by Crippen LogP contribution is -1.76. The molecule has 0 unspecified atom stereocenters. The molecule has 2 rings (SSSR count). The van der Waals surface area contributed by atoms with Crippen molar-refractivity contribution in [3.63, 3.8) is 0 Å². The van der Waals surface area contributed by atoms with Crippen LogP contribution < -0.4 is 0 Å². The molecule has 0 aromatic carbocycles. The molecule has 1 aromatic heterocycles. The van der Waals surface area contributed by atoms with Crippen molar-refractivity contribution in [2.45, 2.75) is 13.3 Å². The Balaban J connectivity index is 2.36.